The van der Waals surface area contributed by atoms with Crippen LogP contribution in [0.2, 0.25) is 0 Å². The number of aromatic amines is 1. The van der Waals surface area contributed by atoms with Crippen molar-refractivity contribution >= 4 is 16.5 Å². The molecule has 0 aliphatic carbocycles. The van der Waals surface area contributed by atoms with E-state index in [1.54, 1.807) is 13.8 Å². The van der Waals surface area contributed by atoms with Crippen molar-refractivity contribution in [2.45, 2.75) is 20.4 Å². The Morgan fingerprint density at radius 2 is 2.00 bits per heavy atom. The van der Waals surface area contributed by atoms with Crippen molar-refractivity contribution in [3.05, 3.63) is 36.8 Å². The quantitative estimate of drug-likeness (QED) is 0.759. The molecule has 90 valence electrons. The maximum atomic E-state index is 11.9. The Balaban J connectivity index is 2.47. The predicted octanol–water partition coefficient (Wildman–Crippen LogP) is -0.365. The summed E-state index contributed by atoms with van der Waals surface area (Å²) in [6.45, 7) is 3.41. The second kappa shape index (κ2) is 4.13. The molecule has 2 aromatic heterocycles. The Labute approximate surface area is 99.9 Å². The molecule has 0 spiro atoms. The molecule has 0 amide bonds. The summed E-state index contributed by atoms with van der Waals surface area (Å²) in [5.41, 5.74) is 5.79. The summed E-state index contributed by atoms with van der Waals surface area (Å²) in [4.78, 5) is 23.4. The molecule has 0 aliphatic heterocycles. The molecule has 2 rings (SSSR count). The molecule has 2 aromatic rings. The number of nitrogens with zero attached hydrogens (tertiary/aromatic N) is 3. The number of nitrogens with one attached hydrogen (secondary N) is 1. The first-order chi connectivity index (χ1) is 7.99. The highest BCUT2D eigenvalue weighted by Gasteiger charge is 2.09. The van der Waals surface area contributed by atoms with E-state index < -0.39 is 0 Å². The monoisotopic (exact) mass is 253 g/mol. The normalized spacial score (nSPS) is 10.7. The van der Waals surface area contributed by atoms with Crippen molar-refractivity contribution < 1.29 is 0 Å². The number of H-pyrrole nitrogens is 1. The molecule has 0 atom stereocenters. The lowest BCUT2D eigenvalue weighted by molar-refractivity contribution is 0.612. The van der Waals surface area contributed by atoms with Crippen LogP contribution in [0.3, 0.4) is 0 Å². The van der Waals surface area contributed by atoms with Gasteiger partial charge in [0.1, 0.15) is 5.01 Å². The number of nitrogens with two attached hydrogens (primary N) is 1. The van der Waals surface area contributed by atoms with Gasteiger partial charge in [0, 0.05) is 11.1 Å². The number of nitrogen functional groups attached to an aromatic ring is 1. The summed E-state index contributed by atoms with van der Waals surface area (Å²) in [5, 5.41) is 10.8. The standard InChI is InChI=1S/C9H11N5O2S/c1-4-5(2)8(16)14(13-7(4)15)3-6-11-12-9(10)17-6/h3H2,1-2H3,(H2,10,12)(H,13,15). The van der Waals surface area contributed by atoms with Gasteiger partial charge in [-0.15, -0.1) is 10.2 Å². The third-order valence-electron chi connectivity index (χ3n) is 2.48. The fourth-order valence-electron chi connectivity index (χ4n) is 1.37. The van der Waals surface area contributed by atoms with Crippen molar-refractivity contribution in [3.8, 4) is 0 Å². The molecule has 0 fully saturated rings. The van der Waals surface area contributed by atoms with Gasteiger partial charge in [0.25, 0.3) is 11.1 Å². The number of rotatable bonds is 2. The fourth-order valence-corrected chi connectivity index (χ4v) is 1.97. The number of aromatic nitrogens is 4. The van der Waals surface area contributed by atoms with Crippen molar-refractivity contribution in [2.24, 2.45) is 0 Å². The zero-order chi connectivity index (χ0) is 12.6. The number of hydrogen-bond donors (Lipinski definition) is 2. The van der Waals surface area contributed by atoms with Crippen LogP contribution in [0.4, 0.5) is 5.13 Å². The minimum absolute atomic E-state index is 0.171. The first-order valence-corrected chi connectivity index (χ1v) is 5.69. The molecule has 17 heavy (non-hydrogen) atoms. The van der Waals surface area contributed by atoms with E-state index in [0.29, 0.717) is 21.3 Å². The van der Waals surface area contributed by atoms with Crippen LogP contribution in [0, 0.1) is 13.8 Å². The van der Waals surface area contributed by atoms with Crippen LogP contribution in [-0.2, 0) is 6.54 Å². The maximum absolute atomic E-state index is 11.9. The summed E-state index contributed by atoms with van der Waals surface area (Å²) < 4.78 is 1.21. The highest BCUT2D eigenvalue weighted by molar-refractivity contribution is 7.15. The molecule has 2 heterocycles. The van der Waals surface area contributed by atoms with E-state index in [1.807, 2.05) is 0 Å². The molecule has 0 aliphatic rings. The second-order valence-electron chi connectivity index (χ2n) is 3.62. The van der Waals surface area contributed by atoms with Crippen LogP contribution < -0.4 is 16.9 Å². The Hall–Kier alpha value is -1.96. The largest absolute Gasteiger partial charge is 0.374 e. The van der Waals surface area contributed by atoms with E-state index in [-0.39, 0.29) is 17.7 Å². The lowest BCUT2D eigenvalue weighted by Gasteiger charge is -2.05. The predicted molar refractivity (Wildman–Crippen MR) is 64.2 cm³/mol. The first kappa shape index (κ1) is 11.5. The summed E-state index contributed by atoms with van der Waals surface area (Å²) in [5.74, 6) is 0. The maximum Gasteiger partial charge on any atom is 0.268 e. The molecule has 0 bridgehead atoms. The SMILES string of the molecule is Cc1c(C)c(=O)n(Cc2nnc(N)s2)[nH]c1=O. The van der Waals surface area contributed by atoms with Crippen LogP contribution in [0.5, 0.6) is 0 Å². The molecule has 7 nitrogen and oxygen atoms in total. The van der Waals surface area contributed by atoms with Gasteiger partial charge in [0.2, 0.25) is 5.13 Å². The summed E-state index contributed by atoms with van der Waals surface area (Å²) in [6.07, 6.45) is 0. The molecule has 3 N–H and O–H groups in total. The highest BCUT2D eigenvalue weighted by atomic mass is 32.1. The molecular formula is C9H11N5O2S. The molecule has 0 unspecified atom stereocenters. The summed E-state index contributed by atoms with van der Waals surface area (Å²) in [6, 6.07) is 0. The van der Waals surface area contributed by atoms with Gasteiger partial charge in [-0.25, -0.2) is 4.68 Å². The molecule has 0 saturated heterocycles. The van der Waals surface area contributed by atoms with Gasteiger partial charge < -0.3 is 5.73 Å². The third kappa shape index (κ3) is 2.11. The van der Waals surface area contributed by atoms with Gasteiger partial charge in [0.15, 0.2) is 0 Å². The van der Waals surface area contributed by atoms with Crippen LogP contribution in [0.1, 0.15) is 16.1 Å². The fraction of sp³-hybridized carbons (Fsp3) is 0.333. The van der Waals surface area contributed by atoms with E-state index in [0.717, 1.165) is 0 Å². The Morgan fingerprint density at radius 1 is 1.29 bits per heavy atom. The topological polar surface area (TPSA) is 107 Å². The smallest absolute Gasteiger partial charge is 0.268 e. The van der Waals surface area contributed by atoms with E-state index >= 15 is 0 Å². The van der Waals surface area contributed by atoms with Crippen molar-refractivity contribution in [3.63, 3.8) is 0 Å². The third-order valence-corrected chi connectivity index (χ3v) is 3.22. The average Bonchev–Trinajstić information content (AvgIpc) is 2.69. The van der Waals surface area contributed by atoms with Gasteiger partial charge in [0.05, 0.1) is 6.54 Å². The minimum Gasteiger partial charge on any atom is -0.374 e. The number of hydrogen-bond acceptors (Lipinski definition) is 6. The minimum atomic E-state index is -0.278. The van der Waals surface area contributed by atoms with E-state index in [4.69, 9.17) is 5.73 Å². The van der Waals surface area contributed by atoms with E-state index in [9.17, 15) is 9.59 Å². The zero-order valence-corrected chi connectivity index (χ0v) is 10.2. The average molecular weight is 253 g/mol. The summed E-state index contributed by atoms with van der Waals surface area (Å²) >= 11 is 1.18. The molecular weight excluding hydrogens is 242 g/mol. The van der Waals surface area contributed by atoms with Crippen LogP contribution >= 0.6 is 11.3 Å². The highest BCUT2D eigenvalue weighted by Crippen LogP contribution is 2.10. The Morgan fingerprint density at radius 3 is 2.59 bits per heavy atom. The van der Waals surface area contributed by atoms with Gasteiger partial charge in [-0.3, -0.25) is 14.7 Å². The van der Waals surface area contributed by atoms with Gasteiger partial charge in [-0.05, 0) is 13.8 Å². The molecule has 8 heteroatoms. The first-order valence-electron chi connectivity index (χ1n) is 4.87. The molecule has 0 saturated carbocycles. The van der Waals surface area contributed by atoms with Crippen molar-refractivity contribution in [1.82, 2.24) is 20.0 Å². The van der Waals surface area contributed by atoms with Gasteiger partial charge in [-0.1, -0.05) is 11.3 Å². The van der Waals surface area contributed by atoms with Crippen LogP contribution in [-0.4, -0.2) is 20.0 Å². The van der Waals surface area contributed by atoms with Crippen LogP contribution in [0.25, 0.3) is 0 Å². The molecule has 0 radical (unpaired) electrons. The van der Waals surface area contributed by atoms with Gasteiger partial charge in [-0.2, -0.15) is 0 Å². The Bertz CT molecular complexity index is 669. The molecule has 0 aromatic carbocycles. The second-order valence-corrected chi connectivity index (χ2v) is 4.71. The van der Waals surface area contributed by atoms with Crippen LogP contribution in [0.15, 0.2) is 9.59 Å². The van der Waals surface area contributed by atoms with Crippen molar-refractivity contribution in [1.29, 1.82) is 0 Å². The lowest BCUT2D eigenvalue weighted by Crippen LogP contribution is -2.33. The summed E-state index contributed by atoms with van der Waals surface area (Å²) in [7, 11) is 0. The van der Waals surface area contributed by atoms with E-state index in [2.05, 4.69) is 15.3 Å². The lowest BCUT2D eigenvalue weighted by atomic mass is 10.2. The Kier molecular flexibility index (Phi) is 2.80. The van der Waals surface area contributed by atoms with Crippen molar-refractivity contribution in [2.75, 3.05) is 5.73 Å². The number of anilines is 1. The van der Waals surface area contributed by atoms with Gasteiger partial charge >= 0.3 is 0 Å². The zero-order valence-electron chi connectivity index (χ0n) is 9.35. The van der Waals surface area contributed by atoms with E-state index in [1.165, 1.54) is 16.0 Å².